The van der Waals surface area contributed by atoms with E-state index in [-0.39, 0.29) is 0 Å². The Hall–Kier alpha value is -1.58. The van der Waals surface area contributed by atoms with E-state index in [1.807, 2.05) is 0 Å². The molecule has 33 heavy (non-hydrogen) atoms. The summed E-state index contributed by atoms with van der Waals surface area (Å²) in [5.41, 5.74) is -9.21. The van der Waals surface area contributed by atoms with Crippen molar-refractivity contribution in [3.63, 3.8) is 0 Å². The van der Waals surface area contributed by atoms with E-state index in [4.69, 9.17) is 0 Å². The third kappa shape index (κ3) is 4.21. The van der Waals surface area contributed by atoms with E-state index in [0.717, 1.165) is 4.74 Å². The van der Waals surface area contributed by atoms with Crippen LogP contribution in [0.15, 0.2) is 0 Å². The van der Waals surface area contributed by atoms with Crippen molar-refractivity contribution in [2.24, 2.45) is 0 Å². The number of hydrogen-bond acceptors (Lipinski definition) is 1. The molecule has 0 aromatic carbocycles. The van der Waals surface area contributed by atoms with Crippen molar-refractivity contribution in [1.29, 1.82) is 0 Å². The van der Waals surface area contributed by atoms with Crippen LogP contribution in [0.5, 0.6) is 0 Å². The average Bonchev–Trinajstić information content (AvgIpc) is 2.47. The van der Waals surface area contributed by atoms with Crippen molar-refractivity contribution in [3.8, 4) is 0 Å². The predicted molar refractivity (Wildman–Crippen MR) is 52.8 cm³/mol. The topological polar surface area (TPSA) is 9.23 Å². The second-order valence-corrected chi connectivity index (χ2v) is 5.59. The summed E-state index contributed by atoms with van der Waals surface area (Å²) in [5.74, 6) is -36.1. The van der Waals surface area contributed by atoms with E-state index in [1.165, 1.54) is 0 Å². The minimum Gasteiger partial charge on any atom is -0.288 e. The smallest absolute Gasteiger partial charge is 0.288 e. The van der Waals surface area contributed by atoms with Crippen molar-refractivity contribution in [2.75, 3.05) is 0 Å². The maximum absolute atomic E-state index is 14.1. The first-order valence-electron chi connectivity index (χ1n) is 6.57. The van der Waals surface area contributed by atoms with Gasteiger partial charge in [-0.3, -0.25) is 4.74 Å². The van der Waals surface area contributed by atoms with Crippen LogP contribution in [-0.4, -0.2) is 60.1 Å². The Balaban J connectivity index is 7.88. The van der Waals surface area contributed by atoms with Gasteiger partial charge in [0.25, 0.3) is 0 Å². The molecule has 0 amide bonds. The molecule has 2 unspecified atom stereocenters. The molecule has 200 valence electrons. The van der Waals surface area contributed by atoms with Crippen LogP contribution in [0.1, 0.15) is 0 Å². The summed E-state index contributed by atoms with van der Waals surface area (Å²) in [6.45, 7) is 0. The maximum atomic E-state index is 14.1. The fourth-order valence-corrected chi connectivity index (χ4v) is 1.73. The first-order chi connectivity index (χ1) is 13.7. The van der Waals surface area contributed by atoms with Gasteiger partial charge in [-0.05, 0) is 0 Å². The zero-order valence-electron chi connectivity index (χ0n) is 13.7. The van der Waals surface area contributed by atoms with Crippen molar-refractivity contribution in [3.05, 3.63) is 0 Å². The minimum atomic E-state index is -9.38. The molecule has 0 N–H and O–H groups in total. The highest BCUT2D eigenvalue weighted by molar-refractivity contribution is 5.15. The first kappa shape index (κ1) is 31.4. The lowest BCUT2D eigenvalue weighted by atomic mass is 9.88. The molecular formula is C10F22O. The molecule has 0 aliphatic carbocycles. The van der Waals surface area contributed by atoms with Crippen LogP contribution in [0.4, 0.5) is 96.6 Å². The zero-order valence-corrected chi connectivity index (χ0v) is 13.7. The number of halogens is 22. The molecule has 0 heterocycles. The lowest BCUT2D eigenvalue weighted by Crippen LogP contribution is -2.79. The minimum absolute atomic E-state index is 0.778. The van der Waals surface area contributed by atoms with Gasteiger partial charge in [0, 0.05) is 0 Å². The molecule has 0 aliphatic rings. The Morgan fingerprint density at radius 3 is 0.697 bits per heavy atom. The normalized spacial score (nSPS) is 19.8. The van der Waals surface area contributed by atoms with E-state index in [0.29, 0.717) is 0 Å². The lowest BCUT2D eigenvalue weighted by Gasteiger charge is -2.47. The summed E-state index contributed by atoms with van der Waals surface area (Å²) in [6, 6.07) is 0. The highest BCUT2D eigenvalue weighted by atomic mass is 19.5. The molecule has 0 bridgehead atoms. The van der Waals surface area contributed by atoms with Gasteiger partial charge in [0.2, 0.25) is 0 Å². The molecule has 0 aliphatic heterocycles. The largest absolute Gasteiger partial charge is 0.459 e. The van der Waals surface area contributed by atoms with Crippen molar-refractivity contribution < 1.29 is 101 Å². The van der Waals surface area contributed by atoms with Gasteiger partial charge >= 0.3 is 60.1 Å². The van der Waals surface area contributed by atoms with Gasteiger partial charge in [-0.1, -0.05) is 0 Å². The van der Waals surface area contributed by atoms with Crippen molar-refractivity contribution in [1.82, 2.24) is 0 Å². The van der Waals surface area contributed by atoms with Crippen LogP contribution in [0.2, 0.25) is 0 Å². The lowest BCUT2D eigenvalue weighted by molar-refractivity contribution is -0.545. The van der Waals surface area contributed by atoms with Gasteiger partial charge in [-0.25, -0.2) is 8.78 Å². The van der Waals surface area contributed by atoms with Gasteiger partial charge in [0.05, 0.1) is 0 Å². The molecule has 0 saturated heterocycles. The Morgan fingerprint density at radius 1 is 0.273 bits per heavy atom. The summed E-state index contributed by atoms with van der Waals surface area (Å²) in [7, 11) is 0. The van der Waals surface area contributed by atoms with Crippen LogP contribution < -0.4 is 0 Å². The van der Waals surface area contributed by atoms with E-state index < -0.39 is 60.1 Å². The van der Waals surface area contributed by atoms with E-state index >= 15 is 0 Å². The van der Waals surface area contributed by atoms with Crippen LogP contribution in [0.25, 0.3) is 0 Å². The molecule has 2 atom stereocenters. The van der Waals surface area contributed by atoms with E-state index in [1.54, 1.807) is 0 Å². The Morgan fingerprint density at radius 2 is 0.515 bits per heavy atom. The highest BCUT2D eigenvalue weighted by Gasteiger charge is 2.97. The fraction of sp³-hybridized carbons (Fsp3) is 1.00. The van der Waals surface area contributed by atoms with Crippen LogP contribution in [-0.2, 0) is 4.74 Å². The summed E-state index contributed by atoms with van der Waals surface area (Å²) in [6.07, 6.45) is -42.6. The van der Waals surface area contributed by atoms with Gasteiger partial charge < -0.3 is 0 Å². The molecular weight excluding hydrogens is 554 g/mol. The predicted octanol–water partition coefficient (Wildman–Crippen LogP) is 7.13. The number of ether oxygens (including phenoxy) is 1. The summed E-state index contributed by atoms with van der Waals surface area (Å²) in [5, 5.41) is 0. The average molecular weight is 554 g/mol. The molecule has 0 fully saturated rings. The first-order valence-corrected chi connectivity index (χ1v) is 6.57. The van der Waals surface area contributed by atoms with Gasteiger partial charge in [-0.2, -0.15) is 87.8 Å². The summed E-state index contributed by atoms with van der Waals surface area (Å²) >= 11 is 0. The van der Waals surface area contributed by atoms with E-state index in [9.17, 15) is 96.6 Å². The Bertz CT molecular complexity index is 687. The molecule has 0 spiro atoms. The molecule has 23 heteroatoms. The van der Waals surface area contributed by atoms with E-state index in [2.05, 4.69) is 0 Å². The maximum Gasteiger partial charge on any atom is 0.459 e. The Kier molecular flexibility index (Phi) is 7.10. The van der Waals surface area contributed by atoms with Crippen molar-refractivity contribution in [2.45, 2.75) is 60.1 Å². The second-order valence-electron chi connectivity index (χ2n) is 5.59. The number of hydrogen-bond donors (Lipinski definition) is 0. The molecule has 0 radical (unpaired) electrons. The van der Waals surface area contributed by atoms with Gasteiger partial charge in [-0.15, -0.1) is 0 Å². The van der Waals surface area contributed by atoms with Gasteiger partial charge in [0.15, 0.2) is 0 Å². The SMILES string of the molecule is FC(F)(F)C(F)(F)C(F)(OC(F)(C(F)(F)C(F)(F)F)C(F)(C(F)(F)F)C(F)(F)F)C(F)(F)F. The molecule has 0 rings (SSSR count). The quantitative estimate of drug-likeness (QED) is 0.329. The monoisotopic (exact) mass is 554 g/mol. The number of alkyl halides is 22. The fourth-order valence-electron chi connectivity index (χ4n) is 1.73. The third-order valence-corrected chi connectivity index (χ3v) is 3.39. The highest BCUT2D eigenvalue weighted by Crippen LogP contribution is 2.65. The summed E-state index contributed by atoms with van der Waals surface area (Å²) in [4.78, 5) is 0. The van der Waals surface area contributed by atoms with Crippen LogP contribution >= 0.6 is 0 Å². The summed E-state index contributed by atoms with van der Waals surface area (Å²) < 4.78 is 280. The van der Waals surface area contributed by atoms with Crippen molar-refractivity contribution >= 4 is 0 Å². The van der Waals surface area contributed by atoms with Crippen LogP contribution in [0, 0.1) is 0 Å². The molecule has 0 aromatic rings. The zero-order chi connectivity index (χ0) is 27.7. The van der Waals surface area contributed by atoms with Crippen LogP contribution in [0.3, 0.4) is 0 Å². The second kappa shape index (κ2) is 7.46. The standard InChI is InChI=1S/C10F22O/c11-1(6(18,19)20,7(21,22)23)4(16,2(12,13)8(24,25)26)33-5(17,10(30,31)32)3(14,15)9(27,28)29. The van der Waals surface area contributed by atoms with Gasteiger partial charge in [0.1, 0.15) is 0 Å². The Labute approximate surface area is 163 Å². The number of rotatable bonds is 5. The molecule has 1 nitrogen and oxygen atoms in total. The third-order valence-electron chi connectivity index (χ3n) is 3.39. The molecule has 0 saturated carbocycles. The molecule has 0 aromatic heterocycles.